The van der Waals surface area contributed by atoms with Crippen molar-refractivity contribution in [3.8, 4) is 16.8 Å². The Bertz CT molecular complexity index is 3070. The number of para-hydroxylation sites is 3. The third kappa shape index (κ3) is 6.16. The molecule has 0 aliphatic carbocycles. The standard InChI is InChI=1S/C53H41N3O/c1-3-15-39-27-33-50-52(53(39)54-36(2)37-16-7-4-8-17-37)46-31-26-40(34-51(46)57-50)38-24-28-43(29-25-38)55(41-18-9-5-10-19-41)44-30-32-49-47(35-44)45-22-13-14-23-48(45)56(49)42-20-11-6-12-21-42/h4-14,16-35H,3,15H2,1-2H3/b54-36+. The Morgan fingerprint density at radius 3 is 1.96 bits per heavy atom. The topological polar surface area (TPSA) is 33.7 Å². The molecule has 0 saturated carbocycles. The average molecular weight is 736 g/mol. The molecule has 0 radical (unpaired) electrons. The number of aliphatic imine (C=N–C) groups is 1. The van der Waals surface area contributed by atoms with Crippen LogP contribution in [-0.2, 0) is 6.42 Å². The molecule has 10 rings (SSSR count). The molecular weight excluding hydrogens is 695 g/mol. The van der Waals surface area contributed by atoms with Gasteiger partial charge in [0.1, 0.15) is 11.2 Å². The highest BCUT2D eigenvalue weighted by molar-refractivity contribution is 6.14. The SMILES string of the molecule is CCCc1ccc2oc3cc(-c4ccc(N(c5ccccc5)c5ccc6c(c5)c5ccccc5n6-c5ccccc5)cc4)ccc3c2c1/N=C(\C)c1ccccc1. The minimum atomic E-state index is 0.860. The van der Waals surface area contributed by atoms with Crippen molar-refractivity contribution in [1.29, 1.82) is 0 Å². The summed E-state index contributed by atoms with van der Waals surface area (Å²) in [4.78, 5) is 7.59. The van der Waals surface area contributed by atoms with E-state index >= 15 is 0 Å². The van der Waals surface area contributed by atoms with Gasteiger partial charge in [0.05, 0.1) is 22.1 Å². The van der Waals surface area contributed by atoms with Crippen molar-refractivity contribution in [2.45, 2.75) is 26.7 Å². The highest BCUT2D eigenvalue weighted by Gasteiger charge is 2.19. The summed E-state index contributed by atoms with van der Waals surface area (Å²) in [6.07, 6.45) is 2.00. The van der Waals surface area contributed by atoms with Crippen molar-refractivity contribution in [2.24, 2.45) is 4.99 Å². The quantitative estimate of drug-likeness (QED) is 0.138. The van der Waals surface area contributed by atoms with Gasteiger partial charge in [-0.1, -0.05) is 123 Å². The van der Waals surface area contributed by atoms with Crippen LogP contribution >= 0.6 is 0 Å². The number of nitrogens with zero attached hydrogens (tertiary/aromatic N) is 3. The zero-order valence-electron chi connectivity index (χ0n) is 32.1. The van der Waals surface area contributed by atoms with Crippen LogP contribution in [0.2, 0.25) is 0 Å². The number of aryl methyl sites for hydroxylation is 1. The molecular formula is C53H41N3O. The van der Waals surface area contributed by atoms with Crippen LogP contribution in [0.25, 0.3) is 60.6 Å². The third-order valence-corrected chi connectivity index (χ3v) is 11.1. The fraction of sp³-hybridized carbons (Fsp3) is 0.0755. The smallest absolute Gasteiger partial charge is 0.137 e. The number of hydrogen-bond donors (Lipinski definition) is 0. The summed E-state index contributed by atoms with van der Waals surface area (Å²) in [6, 6.07) is 66.9. The van der Waals surface area contributed by atoms with E-state index in [9.17, 15) is 0 Å². The van der Waals surface area contributed by atoms with Crippen LogP contribution in [0.3, 0.4) is 0 Å². The molecule has 57 heavy (non-hydrogen) atoms. The molecule has 0 bridgehead atoms. The van der Waals surface area contributed by atoms with Crippen LogP contribution in [0.5, 0.6) is 0 Å². The van der Waals surface area contributed by atoms with Gasteiger partial charge in [-0.3, -0.25) is 4.99 Å². The minimum Gasteiger partial charge on any atom is -0.456 e. The first-order chi connectivity index (χ1) is 28.1. The van der Waals surface area contributed by atoms with Crippen LogP contribution in [0.1, 0.15) is 31.4 Å². The van der Waals surface area contributed by atoms with Crippen molar-refractivity contribution < 1.29 is 4.42 Å². The highest BCUT2D eigenvalue weighted by atomic mass is 16.3. The summed E-state index contributed by atoms with van der Waals surface area (Å²) in [6.45, 7) is 4.31. The van der Waals surface area contributed by atoms with Crippen molar-refractivity contribution in [3.05, 3.63) is 199 Å². The number of furan rings is 1. The lowest BCUT2D eigenvalue weighted by molar-refractivity contribution is 0.669. The molecule has 0 fully saturated rings. The molecule has 0 atom stereocenters. The lowest BCUT2D eigenvalue weighted by atomic mass is 10.00. The lowest BCUT2D eigenvalue weighted by Gasteiger charge is -2.26. The van der Waals surface area contributed by atoms with Crippen molar-refractivity contribution in [2.75, 3.05) is 4.90 Å². The Labute approximate surface area is 332 Å². The maximum Gasteiger partial charge on any atom is 0.137 e. The molecule has 0 saturated heterocycles. The van der Waals surface area contributed by atoms with E-state index in [1.807, 2.05) is 6.07 Å². The van der Waals surface area contributed by atoms with Crippen LogP contribution in [-0.4, -0.2) is 10.3 Å². The van der Waals surface area contributed by atoms with E-state index in [1.165, 1.54) is 27.4 Å². The first kappa shape index (κ1) is 34.3. The number of aromatic nitrogens is 1. The van der Waals surface area contributed by atoms with Crippen LogP contribution in [0.4, 0.5) is 22.7 Å². The summed E-state index contributed by atoms with van der Waals surface area (Å²) >= 11 is 0. The molecule has 0 N–H and O–H groups in total. The molecule has 10 aromatic rings. The molecule has 2 heterocycles. The molecule has 0 unspecified atom stereocenters. The van der Waals surface area contributed by atoms with Crippen molar-refractivity contribution in [3.63, 3.8) is 0 Å². The van der Waals surface area contributed by atoms with E-state index in [0.717, 1.165) is 85.6 Å². The average Bonchev–Trinajstić information content (AvgIpc) is 3.81. The Balaban J connectivity index is 1.04. The second-order valence-corrected chi connectivity index (χ2v) is 14.7. The number of hydrogen-bond acceptors (Lipinski definition) is 3. The number of rotatable bonds is 9. The predicted molar refractivity (Wildman–Crippen MR) is 240 cm³/mol. The Kier molecular flexibility index (Phi) is 8.72. The summed E-state index contributed by atoms with van der Waals surface area (Å²) in [7, 11) is 0. The predicted octanol–water partition coefficient (Wildman–Crippen LogP) is 14.9. The van der Waals surface area contributed by atoms with E-state index in [4.69, 9.17) is 9.41 Å². The third-order valence-electron chi connectivity index (χ3n) is 11.1. The van der Waals surface area contributed by atoms with Gasteiger partial charge in [0.25, 0.3) is 0 Å². The van der Waals surface area contributed by atoms with Gasteiger partial charge in [-0.25, -0.2) is 0 Å². The minimum absolute atomic E-state index is 0.860. The summed E-state index contributed by atoms with van der Waals surface area (Å²) in [5.41, 5.74) is 15.1. The van der Waals surface area contributed by atoms with E-state index in [1.54, 1.807) is 0 Å². The molecule has 0 aliphatic heterocycles. The Hall–Kier alpha value is -7.17. The van der Waals surface area contributed by atoms with Gasteiger partial charge in [0.2, 0.25) is 0 Å². The van der Waals surface area contributed by atoms with Crippen LogP contribution in [0.15, 0.2) is 197 Å². The zero-order valence-corrected chi connectivity index (χ0v) is 32.1. The first-order valence-corrected chi connectivity index (χ1v) is 19.8. The molecule has 2 aromatic heterocycles. The molecule has 0 aliphatic rings. The molecule has 274 valence electrons. The number of anilines is 3. The summed E-state index contributed by atoms with van der Waals surface area (Å²) < 4.78 is 8.93. The lowest BCUT2D eigenvalue weighted by Crippen LogP contribution is -2.09. The summed E-state index contributed by atoms with van der Waals surface area (Å²) in [5.74, 6) is 0. The second kappa shape index (κ2) is 14.5. The van der Waals surface area contributed by atoms with Gasteiger partial charge in [-0.2, -0.15) is 0 Å². The molecule has 4 heteroatoms. The van der Waals surface area contributed by atoms with Gasteiger partial charge in [-0.15, -0.1) is 0 Å². The zero-order chi connectivity index (χ0) is 38.3. The maximum absolute atomic E-state index is 6.57. The first-order valence-electron chi connectivity index (χ1n) is 19.8. The van der Waals surface area contributed by atoms with Gasteiger partial charge in [-0.05, 0) is 114 Å². The normalized spacial score (nSPS) is 11.9. The Morgan fingerprint density at radius 1 is 0.544 bits per heavy atom. The monoisotopic (exact) mass is 735 g/mol. The van der Waals surface area contributed by atoms with E-state index in [-0.39, 0.29) is 0 Å². The van der Waals surface area contributed by atoms with Crippen LogP contribution in [0, 0.1) is 0 Å². The van der Waals surface area contributed by atoms with E-state index < -0.39 is 0 Å². The van der Waals surface area contributed by atoms with Gasteiger partial charge in [0, 0.05) is 44.6 Å². The van der Waals surface area contributed by atoms with Gasteiger partial charge in [0.15, 0.2) is 0 Å². The van der Waals surface area contributed by atoms with Crippen molar-refractivity contribution in [1.82, 2.24) is 4.57 Å². The summed E-state index contributed by atoms with van der Waals surface area (Å²) in [5, 5.41) is 4.61. The molecule has 8 aromatic carbocycles. The second-order valence-electron chi connectivity index (χ2n) is 14.7. The van der Waals surface area contributed by atoms with Crippen LogP contribution < -0.4 is 4.90 Å². The maximum atomic E-state index is 6.57. The van der Waals surface area contributed by atoms with Crippen molar-refractivity contribution >= 4 is 72.2 Å². The van der Waals surface area contributed by atoms with E-state index in [2.05, 4.69) is 205 Å². The van der Waals surface area contributed by atoms with E-state index in [0.29, 0.717) is 0 Å². The largest absolute Gasteiger partial charge is 0.456 e. The number of benzene rings is 8. The van der Waals surface area contributed by atoms with Gasteiger partial charge >= 0.3 is 0 Å². The highest BCUT2D eigenvalue weighted by Crippen LogP contribution is 2.42. The Morgan fingerprint density at radius 2 is 1.19 bits per heavy atom. The van der Waals surface area contributed by atoms with Gasteiger partial charge < -0.3 is 13.9 Å². The fourth-order valence-electron chi connectivity index (χ4n) is 8.37. The molecule has 0 amide bonds. The molecule has 4 nitrogen and oxygen atoms in total. The molecule has 0 spiro atoms. The number of fused-ring (bicyclic) bond motifs is 6. The fourth-order valence-corrected chi connectivity index (χ4v) is 8.37.